The van der Waals surface area contributed by atoms with E-state index < -0.39 is 0 Å². The van der Waals surface area contributed by atoms with Crippen LogP contribution in [0.25, 0.3) is 5.69 Å². The van der Waals surface area contributed by atoms with E-state index in [1.807, 2.05) is 23.0 Å². The fourth-order valence-electron chi connectivity index (χ4n) is 2.05. The van der Waals surface area contributed by atoms with Crippen molar-refractivity contribution >= 4 is 21.6 Å². The van der Waals surface area contributed by atoms with Gasteiger partial charge in [-0.1, -0.05) is 15.9 Å². The number of aromatic nitrogens is 2. The fraction of sp³-hybridized carbons (Fsp3) is 0.250. The summed E-state index contributed by atoms with van der Waals surface area (Å²) in [6, 6.07) is 8.23. The van der Waals surface area contributed by atoms with E-state index in [-0.39, 0.29) is 0 Å². The lowest BCUT2D eigenvalue weighted by molar-refractivity contribution is 0.743. The Morgan fingerprint density at radius 1 is 1.25 bits per heavy atom. The van der Waals surface area contributed by atoms with Gasteiger partial charge in [-0.3, -0.25) is 0 Å². The lowest BCUT2D eigenvalue weighted by atomic mass is 10.1. The zero-order valence-electron chi connectivity index (χ0n) is 8.78. The Bertz CT molecular complexity index is 501. The third-order valence-electron chi connectivity index (χ3n) is 2.85. The van der Waals surface area contributed by atoms with Crippen molar-refractivity contribution in [1.82, 2.24) is 9.78 Å². The van der Waals surface area contributed by atoms with Crippen LogP contribution in [0.2, 0.25) is 0 Å². The minimum absolute atomic E-state index is 1.05. The topological polar surface area (TPSA) is 29.9 Å². The first-order valence-corrected chi connectivity index (χ1v) is 6.20. The molecule has 2 heterocycles. The lowest BCUT2D eigenvalue weighted by Gasteiger charge is -2.15. The number of rotatable bonds is 1. The van der Waals surface area contributed by atoms with Gasteiger partial charge in [-0.25, -0.2) is 4.68 Å². The SMILES string of the molecule is Brc1ccc(-n2ncc3c2CCCN3)cc1. The number of hydrogen-bond acceptors (Lipinski definition) is 2. The molecule has 1 aliphatic rings. The predicted octanol–water partition coefficient (Wildman–Crippen LogP) is 2.99. The van der Waals surface area contributed by atoms with E-state index in [0.717, 1.165) is 23.1 Å². The molecule has 0 saturated heterocycles. The second-order valence-electron chi connectivity index (χ2n) is 3.92. The van der Waals surface area contributed by atoms with Crippen molar-refractivity contribution < 1.29 is 0 Å². The third-order valence-corrected chi connectivity index (χ3v) is 3.37. The molecule has 0 amide bonds. The maximum atomic E-state index is 4.44. The van der Waals surface area contributed by atoms with Gasteiger partial charge in [0.2, 0.25) is 0 Å². The number of fused-ring (bicyclic) bond motifs is 1. The van der Waals surface area contributed by atoms with Gasteiger partial charge in [0.25, 0.3) is 0 Å². The highest BCUT2D eigenvalue weighted by Gasteiger charge is 2.15. The Balaban J connectivity index is 2.06. The molecular weight excluding hydrogens is 266 g/mol. The standard InChI is InChI=1S/C12H12BrN3/c13-9-3-5-10(6-4-9)16-12-2-1-7-14-11(12)8-15-16/h3-6,8,14H,1-2,7H2. The van der Waals surface area contributed by atoms with Crippen molar-refractivity contribution in [1.29, 1.82) is 0 Å². The Hall–Kier alpha value is -1.29. The molecule has 1 aromatic carbocycles. The summed E-state index contributed by atoms with van der Waals surface area (Å²) < 4.78 is 3.11. The van der Waals surface area contributed by atoms with Crippen molar-refractivity contribution in [2.24, 2.45) is 0 Å². The molecular formula is C12H12BrN3. The minimum atomic E-state index is 1.05. The molecule has 0 bridgehead atoms. The molecule has 0 spiro atoms. The van der Waals surface area contributed by atoms with Gasteiger partial charge >= 0.3 is 0 Å². The molecule has 1 aliphatic heterocycles. The number of halogens is 1. The molecule has 0 atom stereocenters. The second kappa shape index (κ2) is 3.94. The first kappa shape index (κ1) is 9.90. The van der Waals surface area contributed by atoms with Gasteiger partial charge in [0.05, 0.1) is 23.3 Å². The third kappa shape index (κ3) is 1.63. The first-order chi connectivity index (χ1) is 7.84. The van der Waals surface area contributed by atoms with Crippen molar-refractivity contribution in [2.45, 2.75) is 12.8 Å². The zero-order chi connectivity index (χ0) is 11.0. The normalized spacial score (nSPS) is 14.3. The van der Waals surface area contributed by atoms with Crippen LogP contribution in [-0.2, 0) is 6.42 Å². The van der Waals surface area contributed by atoms with Gasteiger partial charge < -0.3 is 5.32 Å². The highest BCUT2D eigenvalue weighted by Crippen LogP contribution is 2.24. The fourth-order valence-corrected chi connectivity index (χ4v) is 2.31. The smallest absolute Gasteiger partial charge is 0.0763 e. The van der Waals surface area contributed by atoms with E-state index in [2.05, 4.69) is 38.5 Å². The molecule has 2 aromatic rings. The van der Waals surface area contributed by atoms with Crippen LogP contribution in [-0.4, -0.2) is 16.3 Å². The van der Waals surface area contributed by atoms with E-state index in [1.54, 1.807) is 0 Å². The largest absolute Gasteiger partial charge is 0.382 e. The number of anilines is 1. The van der Waals surface area contributed by atoms with Crippen LogP contribution >= 0.6 is 15.9 Å². The van der Waals surface area contributed by atoms with Crippen molar-refractivity contribution in [3.05, 3.63) is 40.6 Å². The van der Waals surface area contributed by atoms with Crippen molar-refractivity contribution in [3.8, 4) is 5.69 Å². The number of nitrogens with zero attached hydrogens (tertiary/aromatic N) is 2. The molecule has 0 unspecified atom stereocenters. The molecule has 1 N–H and O–H groups in total. The van der Waals surface area contributed by atoms with Crippen LogP contribution < -0.4 is 5.32 Å². The summed E-state index contributed by atoms with van der Waals surface area (Å²) in [4.78, 5) is 0. The molecule has 82 valence electrons. The van der Waals surface area contributed by atoms with Gasteiger partial charge in [-0.15, -0.1) is 0 Å². The molecule has 3 nitrogen and oxygen atoms in total. The summed E-state index contributed by atoms with van der Waals surface area (Å²) in [5.74, 6) is 0. The van der Waals surface area contributed by atoms with Gasteiger partial charge in [-0.2, -0.15) is 5.10 Å². The Morgan fingerprint density at radius 3 is 2.88 bits per heavy atom. The van der Waals surface area contributed by atoms with Crippen molar-refractivity contribution in [3.63, 3.8) is 0 Å². The van der Waals surface area contributed by atoms with Crippen LogP contribution in [0.5, 0.6) is 0 Å². The second-order valence-corrected chi connectivity index (χ2v) is 4.84. The minimum Gasteiger partial charge on any atom is -0.382 e. The van der Waals surface area contributed by atoms with Gasteiger partial charge in [0, 0.05) is 11.0 Å². The molecule has 0 aliphatic carbocycles. The molecule has 0 fully saturated rings. The van der Waals surface area contributed by atoms with Crippen molar-refractivity contribution in [2.75, 3.05) is 11.9 Å². The van der Waals surface area contributed by atoms with Crippen LogP contribution in [0.4, 0.5) is 5.69 Å². The molecule has 0 saturated carbocycles. The van der Waals surface area contributed by atoms with Crippen LogP contribution in [0.1, 0.15) is 12.1 Å². The summed E-state index contributed by atoms with van der Waals surface area (Å²) in [5, 5.41) is 7.81. The highest BCUT2D eigenvalue weighted by atomic mass is 79.9. The van der Waals surface area contributed by atoms with Gasteiger partial charge in [-0.05, 0) is 37.1 Å². The van der Waals surface area contributed by atoms with Gasteiger partial charge in [0.15, 0.2) is 0 Å². The quantitative estimate of drug-likeness (QED) is 0.869. The molecule has 1 aromatic heterocycles. The molecule has 16 heavy (non-hydrogen) atoms. The number of hydrogen-bond donors (Lipinski definition) is 1. The molecule has 4 heteroatoms. The van der Waals surface area contributed by atoms with Gasteiger partial charge in [0.1, 0.15) is 0 Å². The maximum Gasteiger partial charge on any atom is 0.0763 e. The highest BCUT2D eigenvalue weighted by molar-refractivity contribution is 9.10. The Labute approximate surface area is 103 Å². The number of benzene rings is 1. The predicted molar refractivity (Wildman–Crippen MR) is 68.1 cm³/mol. The first-order valence-electron chi connectivity index (χ1n) is 5.41. The summed E-state index contributed by atoms with van der Waals surface area (Å²) >= 11 is 3.44. The summed E-state index contributed by atoms with van der Waals surface area (Å²) in [6.07, 6.45) is 4.18. The summed E-state index contributed by atoms with van der Waals surface area (Å²) in [6.45, 7) is 1.05. The van der Waals surface area contributed by atoms with E-state index >= 15 is 0 Å². The van der Waals surface area contributed by atoms with E-state index in [4.69, 9.17) is 0 Å². The Kier molecular flexibility index (Phi) is 2.44. The molecule has 3 rings (SSSR count). The van der Waals surface area contributed by atoms with E-state index in [1.165, 1.54) is 17.8 Å². The molecule has 0 radical (unpaired) electrons. The monoisotopic (exact) mass is 277 g/mol. The summed E-state index contributed by atoms with van der Waals surface area (Å²) in [5.41, 5.74) is 3.58. The Morgan fingerprint density at radius 2 is 2.06 bits per heavy atom. The average Bonchev–Trinajstić information content (AvgIpc) is 2.74. The van der Waals surface area contributed by atoms with Crippen LogP contribution in [0.15, 0.2) is 34.9 Å². The number of nitrogens with one attached hydrogen (secondary N) is 1. The van der Waals surface area contributed by atoms with E-state index in [0.29, 0.717) is 0 Å². The van der Waals surface area contributed by atoms with Crippen LogP contribution in [0.3, 0.4) is 0 Å². The van der Waals surface area contributed by atoms with Crippen LogP contribution in [0, 0.1) is 0 Å². The van der Waals surface area contributed by atoms with E-state index in [9.17, 15) is 0 Å². The average molecular weight is 278 g/mol. The zero-order valence-corrected chi connectivity index (χ0v) is 10.4. The lowest BCUT2D eigenvalue weighted by Crippen LogP contribution is -2.13. The summed E-state index contributed by atoms with van der Waals surface area (Å²) in [7, 11) is 0. The maximum absolute atomic E-state index is 4.44.